The zero-order valence-corrected chi connectivity index (χ0v) is 9.64. The Morgan fingerprint density at radius 2 is 2.06 bits per heavy atom. The fourth-order valence-electron chi connectivity index (χ4n) is 1.52. The van der Waals surface area contributed by atoms with Crippen LogP contribution in [0.5, 0.6) is 5.75 Å². The topological polar surface area (TPSA) is 59.7 Å². The molecule has 0 fully saturated rings. The number of aromatic carboxylic acids is 1. The monoisotopic (exact) mass is 250 g/mol. The van der Waals surface area contributed by atoms with Crippen LogP contribution >= 0.6 is 0 Å². The van der Waals surface area contributed by atoms with E-state index in [2.05, 4.69) is 0 Å². The van der Waals surface area contributed by atoms with Crippen molar-refractivity contribution in [1.29, 1.82) is 0 Å². The van der Waals surface area contributed by atoms with Gasteiger partial charge in [-0.1, -0.05) is 0 Å². The maximum atomic E-state index is 12.7. The summed E-state index contributed by atoms with van der Waals surface area (Å²) in [5, 5.41) is 8.82. The predicted molar refractivity (Wildman–Crippen MR) is 61.1 cm³/mol. The summed E-state index contributed by atoms with van der Waals surface area (Å²) in [5.41, 5.74) is 0.542. The number of ether oxygens (including phenoxy) is 1. The molecule has 4 nitrogen and oxygen atoms in total. The van der Waals surface area contributed by atoms with Crippen LogP contribution in [0.4, 0.5) is 4.39 Å². The first-order valence-electron chi connectivity index (χ1n) is 5.27. The Balaban J connectivity index is 2.04. The molecule has 1 N–H and O–H groups in total. The lowest BCUT2D eigenvalue weighted by Gasteiger charge is -2.03. The first-order valence-corrected chi connectivity index (χ1v) is 5.27. The summed E-state index contributed by atoms with van der Waals surface area (Å²) in [4.78, 5) is 10.8. The average molecular weight is 250 g/mol. The van der Waals surface area contributed by atoms with Gasteiger partial charge in [-0.25, -0.2) is 9.18 Å². The van der Waals surface area contributed by atoms with Gasteiger partial charge in [0, 0.05) is 5.56 Å². The van der Waals surface area contributed by atoms with E-state index in [0.29, 0.717) is 17.1 Å². The van der Waals surface area contributed by atoms with Crippen molar-refractivity contribution in [2.75, 3.05) is 0 Å². The molecule has 0 amide bonds. The summed E-state index contributed by atoms with van der Waals surface area (Å²) in [6, 6.07) is 7.15. The molecule has 0 aliphatic carbocycles. The minimum absolute atomic E-state index is 0.0901. The van der Waals surface area contributed by atoms with Crippen LogP contribution in [0.2, 0.25) is 0 Å². The third-order valence-corrected chi connectivity index (χ3v) is 2.36. The molecule has 0 radical (unpaired) electrons. The van der Waals surface area contributed by atoms with Crippen molar-refractivity contribution in [2.45, 2.75) is 13.5 Å². The number of rotatable bonds is 4. The van der Waals surface area contributed by atoms with E-state index < -0.39 is 5.97 Å². The number of aryl methyl sites for hydroxylation is 1. The second-order valence-electron chi connectivity index (χ2n) is 3.77. The van der Waals surface area contributed by atoms with Gasteiger partial charge in [0.05, 0.1) is 0 Å². The second kappa shape index (κ2) is 4.91. The third kappa shape index (κ3) is 2.68. The molecule has 0 unspecified atom stereocenters. The van der Waals surface area contributed by atoms with Gasteiger partial charge in [0.2, 0.25) is 5.76 Å². The highest BCUT2D eigenvalue weighted by molar-refractivity contribution is 5.86. The summed E-state index contributed by atoms with van der Waals surface area (Å²) >= 11 is 0. The molecule has 94 valence electrons. The van der Waals surface area contributed by atoms with Crippen LogP contribution in [-0.2, 0) is 6.61 Å². The second-order valence-corrected chi connectivity index (χ2v) is 3.77. The van der Waals surface area contributed by atoms with E-state index in [1.807, 2.05) is 0 Å². The number of carboxylic acids is 1. The Labute approximate surface area is 103 Å². The van der Waals surface area contributed by atoms with E-state index in [0.717, 1.165) is 0 Å². The summed E-state index contributed by atoms with van der Waals surface area (Å²) < 4.78 is 23.1. The van der Waals surface area contributed by atoms with Crippen LogP contribution in [0, 0.1) is 12.7 Å². The van der Waals surface area contributed by atoms with Crippen molar-refractivity contribution in [3.8, 4) is 5.75 Å². The largest absolute Gasteiger partial charge is 0.486 e. The first kappa shape index (κ1) is 12.2. The highest BCUT2D eigenvalue weighted by Crippen LogP contribution is 2.18. The smallest absolute Gasteiger partial charge is 0.372 e. The number of hydrogen-bond donors (Lipinski definition) is 1. The van der Waals surface area contributed by atoms with Crippen LogP contribution < -0.4 is 4.74 Å². The van der Waals surface area contributed by atoms with Crippen molar-refractivity contribution >= 4 is 5.97 Å². The van der Waals surface area contributed by atoms with Crippen molar-refractivity contribution in [3.05, 3.63) is 53.2 Å². The summed E-state index contributed by atoms with van der Waals surface area (Å²) in [6.07, 6.45) is 0. The van der Waals surface area contributed by atoms with Crippen molar-refractivity contribution in [1.82, 2.24) is 0 Å². The molecule has 2 rings (SSSR count). The Morgan fingerprint density at radius 1 is 1.39 bits per heavy atom. The molecule has 18 heavy (non-hydrogen) atoms. The summed E-state index contributed by atoms with van der Waals surface area (Å²) in [6.45, 7) is 1.74. The maximum absolute atomic E-state index is 12.7. The van der Waals surface area contributed by atoms with Crippen LogP contribution in [0.1, 0.15) is 21.9 Å². The highest BCUT2D eigenvalue weighted by atomic mass is 19.1. The van der Waals surface area contributed by atoms with Crippen molar-refractivity contribution < 1.29 is 23.4 Å². The third-order valence-electron chi connectivity index (χ3n) is 2.36. The van der Waals surface area contributed by atoms with Crippen LogP contribution in [0.25, 0.3) is 0 Å². The van der Waals surface area contributed by atoms with Gasteiger partial charge in [-0.2, -0.15) is 0 Å². The normalized spacial score (nSPS) is 10.3. The lowest BCUT2D eigenvalue weighted by atomic mass is 10.3. The number of furan rings is 1. The van der Waals surface area contributed by atoms with Crippen LogP contribution in [0.15, 0.2) is 34.7 Å². The molecule has 0 saturated heterocycles. The molecule has 0 aliphatic heterocycles. The molecule has 0 saturated carbocycles. The molecular weight excluding hydrogens is 239 g/mol. The molecule has 0 atom stereocenters. The molecule has 0 spiro atoms. The summed E-state index contributed by atoms with van der Waals surface area (Å²) in [7, 11) is 0. The number of benzene rings is 1. The lowest BCUT2D eigenvalue weighted by molar-refractivity contribution is 0.0657. The fraction of sp³-hybridized carbons (Fsp3) is 0.154. The zero-order chi connectivity index (χ0) is 13.1. The molecule has 1 heterocycles. The minimum atomic E-state index is -1.11. The summed E-state index contributed by atoms with van der Waals surface area (Å²) in [5.74, 6) is -0.644. The lowest BCUT2D eigenvalue weighted by Crippen LogP contribution is -1.96. The minimum Gasteiger partial charge on any atom is -0.486 e. The predicted octanol–water partition coefficient (Wildman–Crippen LogP) is 3.00. The molecule has 1 aromatic carbocycles. The standard InChI is InChI=1S/C13H11FO4/c1-8-6-11(18-12(8)13(15)16)7-17-10-4-2-9(14)3-5-10/h2-6H,7H2,1H3,(H,15,16). The number of halogens is 1. The fourth-order valence-corrected chi connectivity index (χ4v) is 1.52. The zero-order valence-electron chi connectivity index (χ0n) is 9.64. The van der Waals surface area contributed by atoms with Gasteiger partial charge in [-0.15, -0.1) is 0 Å². The van der Waals surface area contributed by atoms with Crippen molar-refractivity contribution in [2.24, 2.45) is 0 Å². The Hall–Kier alpha value is -2.30. The van der Waals surface area contributed by atoms with Gasteiger partial charge in [-0.05, 0) is 37.3 Å². The van der Waals surface area contributed by atoms with Gasteiger partial charge in [0.1, 0.15) is 23.9 Å². The van der Waals surface area contributed by atoms with Crippen molar-refractivity contribution in [3.63, 3.8) is 0 Å². The van der Waals surface area contributed by atoms with Gasteiger partial charge >= 0.3 is 5.97 Å². The first-order chi connectivity index (χ1) is 8.56. The van der Waals surface area contributed by atoms with Crippen LogP contribution in [-0.4, -0.2) is 11.1 Å². The highest BCUT2D eigenvalue weighted by Gasteiger charge is 2.14. The molecule has 5 heteroatoms. The van der Waals surface area contributed by atoms with E-state index in [9.17, 15) is 9.18 Å². The molecule has 0 aliphatic rings. The van der Waals surface area contributed by atoms with Crippen LogP contribution in [0.3, 0.4) is 0 Å². The molecule has 1 aromatic heterocycles. The molecular formula is C13H11FO4. The SMILES string of the molecule is Cc1cc(COc2ccc(F)cc2)oc1C(=O)O. The average Bonchev–Trinajstić information content (AvgIpc) is 2.70. The van der Waals surface area contributed by atoms with E-state index >= 15 is 0 Å². The Bertz CT molecular complexity index is 557. The van der Waals surface area contributed by atoms with Gasteiger partial charge in [0.25, 0.3) is 0 Å². The van der Waals surface area contributed by atoms with E-state index in [1.165, 1.54) is 24.3 Å². The van der Waals surface area contributed by atoms with Gasteiger partial charge in [0.15, 0.2) is 0 Å². The maximum Gasteiger partial charge on any atom is 0.372 e. The van der Waals surface area contributed by atoms with E-state index in [1.54, 1.807) is 13.0 Å². The Kier molecular flexibility index (Phi) is 3.32. The quantitative estimate of drug-likeness (QED) is 0.906. The molecule has 0 bridgehead atoms. The van der Waals surface area contributed by atoms with E-state index in [-0.39, 0.29) is 18.2 Å². The van der Waals surface area contributed by atoms with Gasteiger partial charge in [-0.3, -0.25) is 0 Å². The number of hydrogen-bond acceptors (Lipinski definition) is 3. The number of carboxylic acid groups (broad SMARTS) is 1. The number of carbonyl (C=O) groups is 1. The Morgan fingerprint density at radius 3 is 2.61 bits per heavy atom. The van der Waals surface area contributed by atoms with E-state index in [4.69, 9.17) is 14.3 Å². The van der Waals surface area contributed by atoms with Gasteiger partial charge < -0.3 is 14.3 Å². The molecule has 2 aromatic rings.